The maximum atomic E-state index is 12.3. The van der Waals surface area contributed by atoms with E-state index in [4.69, 9.17) is 5.73 Å². The van der Waals surface area contributed by atoms with Crippen molar-refractivity contribution in [2.75, 3.05) is 26.2 Å². The third-order valence-corrected chi connectivity index (χ3v) is 3.67. The van der Waals surface area contributed by atoms with Crippen molar-refractivity contribution >= 4 is 5.91 Å². The Kier molecular flexibility index (Phi) is 5.73. The lowest BCUT2D eigenvalue weighted by atomic mass is 10.2. The number of hydrogen-bond donors (Lipinski definition) is 2. The first-order chi connectivity index (χ1) is 10.2. The Bertz CT molecular complexity index is 541. The van der Waals surface area contributed by atoms with Crippen molar-refractivity contribution in [3.8, 4) is 11.8 Å². The summed E-state index contributed by atoms with van der Waals surface area (Å²) in [5.41, 5.74) is 6.36. The van der Waals surface area contributed by atoms with Gasteiger partial charge < -0.3 is 11.1 Å². The number of nitrogens with zero attached hydrogens (tertiary/aromatic N) is 2. The predicted octanol–water partition coefficient (Wildman–Crippen LogP) is 0.606. The standard InChI is InChI=1S/C16H22N4O/c1-13(20-10-2-3-11-20)12-19-16(21)15-14(6-4-8-17)7-5-9-18-15/h5,7,9,13H,2-3,8,10-12,17H2,1H3,(H,19,21). The van der Waals surface area contributed by atoms with Crippen molar-refractivity contribution < 1.29 is 4.79 Å². The van der Waals surface area contributed by atoms with Crippen LogP contribution in [-0.4, -0.2) is 48.0 Å². The molecule has 0 radical (unpaired) electrons. The van der Waals surface area contributed by atoms with E-state index in [-0.39, 0.29) is 12.5 Å². The van der Waals surface area contributed by atoms with E-state index in [9.17, 15) is 4.79 Å². The average Bonchev–Trinajstić information content (AvgIpc) is 3.05. The zero-order valence-electron chi connectivity index (χ0n) is 12.4. The summed E-state index contributed by atoms with van der Waals surface area (Å²) in [6.45, 7) is 5.27. The average molecular weight is 286 g/mol. The number of likely N-dealkylation sites (tertiary alicyclic amines) is 1. The second kappa shape index (κ2) is 7.77. The molecule has 1 atom stereocenters. The Morgan fingerprint density at radius 1 is 1.52 bits per heavy atom. The number of pyridine rings is 1. The van der Waals surface area contributed by atoms with Crippen LogP contribution in [0.2, 0.25) is 0 Å². The molecule has 1 aromatic rings. The molecule has 1 aliphatic rings. The van der Waals surface area contributed by atoms with E-state index in [1.807, 2.05) is 0 Å². The monoisotopic (exact) mass is 286 g/mol. The summed E-state index contributed by atoms with van der Waals surface area (Å²) < 4.78 is 0. The number of hydrogen-bond acceptors (Lipinski definition) is 4. The number of nitrogens with one attached hydrogen (secondary N) is 1. The van der Waals surface area contributed by atoms with E-state index in [1.54, 1.807) is 18.3 Å². The van der Waals surface area contributed by atoms with Crippen LogP contribution in [0.3, 0.4) is 0 Å². The van der Waals surface area contributed by atoms with Gasteiger partial charge in [0.2, 0.25) is 0 Å². The predicted molar refractivity (Wildman–Crippen MR) is 82.8 cm³/mol. The van der Waals surface area contributed by atoms with Crippen LogP contribution in [0.5, 0.6) is 0 Å². The Labute approximate surface area is 125 Å². The Hall–Kier alpha value is -1.90. The van der Waals surface area contributed by atoms with Gasteiger partial charge in [-0.3, -0.25) is 9.69 Å². The molecule has 1 saturated heterocycles. The number of nitrogens with two attached hydrogens (primary N) is 1. The summed E-state index contributed by atoms with van der Waals surface area (Å²) >= 11 is 0. The van der Waals surface area contributed by atoms with Crippen LogP contribution < -0.4 is 11.1 Å². The molecule has 1 fully saturated rings. The molecular weight excluding hydrogens is 264 g/mol. The highest BCUT2D eigenvalue weighted by Gasteiger charge is 2.19. The fourth-order valence-electron chi connectivity index (χ4n) is 2.47. The first-order valence-electron chi connectivity index (χ1n) is 7.38. The first-order valence-corrected chi connectivity index (χ1v) is 7.38. The van der Waals surface area contributed by atoms with Gasteiger partial charge in [-0.25, -0.2) is 4.98 Å². The van der Waals surface area contributed by atoms with E-state index in [1.165, 1.54) is 12.8 Å². The maximum absolute atomic E-state index is 12.3. The minimum atomic E-state index is -0.178. The number of rotatable bonds is 4. The zero-order chi connectivity index (χ0) is 15.1. The Morgan fingerprint density at radius 3 is 3.00 bits per heavy atom. The molecule has 0 saturated carbocycles. The SMILES string of the molecule is CC(CNC(=O)c1ncccc1C#CCN)N1CCCC1. The van der Waals surface area contributed by atoms with Gasteiger partial charge in [-0.15, -0.1) is 0 Å². The minimum absolute atomic E-state index is 0.178. The lowest BCUT2D eigenvalue weighted by Gasteiger charge is -2.23. The van der Waals surface area contributed by atoms with Crippen molar-refractivity contribution in [3.05, 3.63) is 29.6 Å². The molecule has 5 heteroatoms. The van der Waals surface area contributed by atoms with Crippen LogP contribution in [0, 0.1) is 11.8 Å². The van der Waals surface area contributed by atoms with Crippen LogP contribution in [-0.2, 0) is 0 Å². The van der Waals surface area contributed by atoms with Gasteiger partial charge in [-0.1, -0.05) is 11.8 Å². The minimum Gasteiger partial charge on any atom is -0.349 e. The Morgan fingerprint density at radius 2 is 2.29 bits per heavy atom. The molecule has 1 aromatic heterocycles. The molecule has 21 heavy (non-hydrogen) atoms. The normalized spacial score (nSPS) is 16.1. The topological polar surface area (TPSA) is 71.2 Å². The second-order valence-electron chi connectivity index (χ2n) is 5.21. The van der Waals surface area contributed by atoms with Gasteiger partial charge in [0, 0.05) is 18.8 Å². The van der Waals surface area contributed by atoms with Crippen molar-refractivity contribution in [1.29, 1.82) is 0 Å². The summed E-state index contributed by atoms with van der Waals surface area (Å²) in [6.07, 6.45) is 4.10. The van der Waals surface area contributed by atoms with E-state index >= 15 is 0 Å². The molecule has 1 amide bonds. The smallest absolute Gasteiger partial charge is 0.271 e. The second-order valence-corrected chi connectivity index (χ2v) is 5.21. The van der Waals surface area contributed by atoms with E-state index in [0.717, 1.165) is 13.1 Å². The molecule has 3 N–H and O–H groups in total. The molecule has 112 valence electrons. The van der Waals surface area contributed by atoms with E-state index in [2.05, 4.69) is 34.0 Å². The van der Waals surface area contributed by atoms with Crippen LogP contribution >= 0.6 is 0 Å². The number of carbonyl (C=O) groups is 1. The fraction of sp³-hybridized carbons (Fsp3) is 0.500. The van der Waals surface area contributed by atoms with Gasteiger partial charge in [0.1, 0.15) is 5.69 Å². The highest BCUT2D eigenvalue weighted by atomic mass is 16.1. The maximum Gasteiger partial charge on any atom is 0.271 e. The molecule has 2 heterocycles. The Balaban J connectivity index is 1.96. The van der Waals surface area contributed by atoms with Crippen LogP contribution in [0.1, 0.15) is 35.8 Å². The summed E-state index contributed by atoms with van der Waals surface area (Å²) in [6, 6.07) is 3.90. The molecule has 1 unspecified atom stereocenters. The summed E-state index contributed by atoms with van der Waals surface area (Å²) in [5, 5.41) is 2.95. The van der Waals surface area contributed by atoms with E-state index < -0.39 is 0 Å². The fourth-order valence-corrected chi connectivity index (χ4v) is 2.47. The van der Waals surface area contributed by atoms with Crippen molar-refractivity contribution in [2.24, 2.45) is 5.73 Å². The number of aromatic nitrogens is 1. The van der Waals surface area contributed by atoms with Gasteiger partial charge in [0.05, 0.1) is 12.1 Å². The lowest BCUT2D eigenvalue weighted by Crippen LogP contribution is -2.41. The van der Waals surface area contributed by atoms with Crippen molar-refractivity contribution in [2.45, 2.75) is 25.8 Å². The first kappa shape index (κ1) is 15.5. The molecule has 1 aliphatic heterocycles. The molecular formula is C16H22N4O. The largest absolute Gasteiger partial charge is 0.349 e. The zero-order valence-corrected chi connectivity index (χ0v) is 12.4. The van der Waals surface area contributed by atoms with E-state index in [0.29, 0.717) is 23.8 Å². The molecule has 0 bridgehead atoms. The lowest BCUT2D eigenvalue weighted by molar-refractivity contribution is 0.0935. The molecule has 0 aromatic carbocycles. The van der Waals surface area contributed by atoms with Gasteiger partial charge in [0.25, 0.3) is 5.91 Å². The van der Waals surface area contributed by atoms with Gasteiger partial charge in [0.15, 0.2) is 0 Å². The molecule has 0 spiro atoms. The van der Waals surface area contributed by atoms with Crippen molar-refractivity contribution in [3.63, 3.8) is 0 Å². The summed E-state index contributed by atoms with van der Waals surface area (Å²) in [5.74, 6) is 5.47. The third kappa shape index (κ3) is 4.28. The van der Waals surface area contributed by atoms with Crippen LogP contribution in [0.15, 0.2) is 18.3 Å². The van der Waals surface area contributed by atoms with Gasteiger partial charge in [-0.2, -0.15) is 0 Å². The number of carbonyl (C=O) groups excluding carboxylic acids is 1. The summed E-state index contributed by atoms with van der Waals surface area (Å²) in [7, 11) is 0. The summed E-state index contributed by atoms with van der Waals surface area (Å²) in [4.78, 5) is 18.8. The highest BCUT2D eigenvalue weighted by molar-refractivity contribution is 5.94. The highest BCUT2D eigenvalue weighted by Crippen LogP contribution is 2.11. The number of amides is 1. The van der Waals surface area contributed by atoms with Crippen molar-refractivity contribution in [1.82, 2.24) is 15.2 Å². The van der Waals surface area contributed by atoms with Gasteiger partial charge >= 0.3 is 0 Å². The molecule has 2 rings (SSSR count). The molecule has 0 aliphatic carbocycles. The third-order valence-electron chi connectivity index (χ3n) is 3.67. The van der Waals surface area contributed by atoms with Crippen LogP contribution in [0.4, 0.5) is 0 Å². The van der Waals surface area contributed by atoms with Crippen LogP contribution in [0.25, 0.3) is 0 Å². The molecule has 5 nitrogen and oxygen atoms in total. The quantitative estimate of drug-likeness (QED) is 0.795. The van der Waals surface area contributed by atoms with Gasteiger partial charge in [-0.05, 0) is 45.0 Å².